The molecule has 4 heterocycles. The lowest BCUT2D eigenvalue weighted by Gasteiger charge is -2.40. The molecule has 2 saturated heterocycles. The highest BCUT2D eigenvalue weighted by atomic mass is 19.1. The minimum atomic E-state index is -1.26. The fourth-order valence-electron chi connectivity index (χ4n) is 5.71. The Labute approximate surface area is 181 Å². The van der Waals surface area contributed by atoms with Gasteiger partial charge in [-0.1, -0.05) is 6.42 Å². The highest BCUT2D eigenvalue weighted by Crippen LogP contribution is 2.44. The van der Waals surface area contributed by atoms with Crippen molar-refractivity contribution >= 4 is 17.2 Å². The van der Waals surface area contributed by atoms with E-state index in [1.807, 2.05) is 6.92 Å². The zero-order valence-corrected chi connectivity index (χ0v) is 18.0. The first-order chi connectivity index (χ1) is 15.0. The Morgan fingerprint density at radius 1 is 1.19 bits per heavy atom. The maximum absolute atomic E-state index is 15.4. The number of halogens is 1. The van der Waals surface area contributed by atoms with E-state index in [4.69, 9.17) is 0 Å². The molecule has 0 amide bonds. The molecule has 0 bridgehead atoms. The average molecular weight is 428 g/mol. The predicted octanol–water partition coefficient (Wildman–Crippen LogP) is 3.68. The van der Waals surface area contributed by atoms with E-state index in [1.54, 1.807) is 0 Å². The van der Waals surface area contributed by atoms with Crippen LogP contribution in [-0.4, -0.2) is 41.2 Å². The Morgan fingerprint density at radius 3 is 2.68 bits per heavy atom. The first-order valence-corrected chi connectivity index (χ1v) is 11.6. The van der Waals surface area contributed by atoms with Crippen LogP contribution in [0.1, 0.15) is 72.3 Å². The topological polar surface area (TPSA) is 74.0 Å². The predicted molar refractivity (Wildman–Crippen MR) is 118 cm³/mol. The molecule has 2 atom stereocenters. The Hall–Kier alpha value is -2.41. The molecule has 2 aromatic rings. The van der Waals surface area contributed by atoms with E-state index < -0.39 is 17.3 Å². The van der Waals surface area contributed by atoms with Gasteiger partial charge < -0.3 is 15.3 Å². The van der Waals surface area contributed by atoms with Crippen molar-refractivity contribution in [1.82, 2.24) is 9.72 Å². The van der Waals surface area contributed by atoms with E-state index in [0.29, 0.717) is 23.2 Å². The van der Waals surface area contributed by atoms with Crippen molar-refractivity contribution in [2.75, 3.05) is 24.5 Å². The fourth-order valence-corrected chi connectivity index (χ4v) is 5.71. The van der Waals surface area contributed by atoms with Crippen LogP contribution in [-0.2, 0) is 0 Å². The Kier molecular flexibility index (Phi) is 5.24. The molecule has 6 nitrogen and oxygen atoms in total. The van der Waals surface area contributed by atoms with Crippen LogP contribution < -0.4 is 15.8 Å². The Balaban J connectivity index is 1.59. The highest BCUT2D eigenvalue weighted by molar-refractivity contribution is 5.89. The van der Waals surface area contributed by atoms with Crippen LogP contribution in [0, 0.1) is 18.7 Å². The molecule has 0 aromatic carbocycles. The van der Waals surface area contributed by atoms with Gasteiger partial charge in [-0.15, -0.1) is 0 Å². The van der Waals surface area contributed by atoms with E-state index in [1.165, 1.54) is 35.9 Å². The van der Waals surface area contributed by atoms with Gasteiger partial charge in [-0.25, -0.2) is 9.18 Å². The summed E-state index contributed by atoms with van der Waals surface area (Å²) in [5.41, 5.74) is 1.92. The summed E-state index contributed by atoms with van der Waals surface area (Å²) in [5.74, 6) is -0.981. The average Bonchev–Trinajstić information content (AvgIpc) is 3.60. The van der Waals surface area contributed by atoms with Gasteiger partial charge in [0.25, 0.3) is 5.56 Å². The van der Waals surface area contributed by atoms with E-state index >= 15 is 4.39 Å². The van der Waals surface area contributed by atoms with Crippen molar-refractivity contribution < 1.29 is 14.3 Å². The second kappa shape index (κ2) is 7.93. The molecule has 1 aliphatic carbocycles. The maximum atomic E-state index is 15.4. The number of aromatic carboxylic acids is 1. The SMILES string of the molecule is Cc1c(N2CCCC(C3CCCCN3)C2)c(F)cn2c(=O)c(C(=O)O)cc(C3CC3)c12. The number of hydrogen-bond acceptors (Lipinski definition) is 4. The van der Waals surface area contributed by atoms with Crippen molar-refractivity contribution in [3.05, 3.63) is 45.1 Å². The van der Waals surface area contributed by atoms with Gasteiger partial charge in [0.2, 0.25) is 0 Å². The number of anilines is 1. The molecule has 2 N–H and O–H groups in total. The van der Waals surface area contributed by atoms with E-state index in [2.05, 4.69) is 10.2 Å². The molecule has 3 fully saturated rings. The Bertz CT molecular complexity index is 1090. The van der Waals surface area contributed by atoms with Gasteiger partial charge in [0, 0.05) is 19.1 Å². The van der Waals surface area contributed by atoms with Crippen molar-refractivity contribution in [3.63, 3.8) is 0 Å². The molecule has 2 aromatic heterocycles. The van der Waals surface area contributed by atoms with Gasteiger partial charge >= 0.3 is 5.97 Å². The summed E-state index contributed by atoms with van der Waals surface area (Å²) < 4.78 is 16.7. The number of carbonyl (C=O) groups is 1. The third-order valence-electron chi connectivity index (χ3n) is 7.38. The smallest absolute Gasteiger partial charge is 0.341 e. The summed E-state index contributed by atoms with van der Waals surface area (Å²) >= 11 is 0. The lowest BCUT2D eigenvalue weighted by Crippen LogP contribution is -2.48. The first-order valence-electron chi connectivity index (χ1n) is 11.6. The lowest BCUT2D eigenvalue weighted by atomic mass is 9.85. The number of hydrogen-bond donors (Lipinski definition) is 2. The number of carboxylic acids is 1. The third-order valence-corrected chi connectivity index (χ3v) is 7.38. The van der Waals surface area contributed by atoms with Gasteiger partial charge in [-0.3, -0.25) is 9.20 Å². The zero-order valence-electron chi connectivity index (χ0n) is 18.0. The second-order valence-electron chi connectivity index (χ2n) is 9.47. The second-order valence-corrected chi connectivity index (χ2v) is 9.47. The maximum Gasteiger partial charge on any atom is 0.341 e. The molecular weight excluding hydrogens is 397 g/mol. The van der Waals surface area contributed by atoms with Gasteiger partial charge in [0.15, 0.2) is 5.82 Å². The number of nitrogens with zero attached hydrogens (tertiary/aromatic N) is 2. The first kappa shape index (κ1) is 20.5. The number of rotatable bonds is 4. The van der Waals surface area contributed by atoms with Crippen LogP contribution in [0.5, 0.6) is 0 Å². The molecule has 31 heavy (non-hydrogen) atoms. The monoisotopic (exact) mass is 427 g/mol. The van der Waals surface area contributed by atoms with Crippen molar-refractivity contribution in [2.45, 2.75) is 63.8 Å². The van der Waals surface area contributed by atoms with Crippen LogP contribution in [0.15, 0.2) is 17.1 Å². The summed E-state index contributed by atoms with van der Waals surface area (Å²) in [5, 5.41) is 13.1. The molecule has 7 heteroatoms. The number of nitrogens with one attached hydrogen (secondary N) is 1. The molecule has 1 saturated carbocycles. The van der Waals surface area contributed by atoms with E-state index in [9.17, 15) is 14.7 Å². The molecule has 2 unspecified atom stereocenters. The standard InChI is InChI=1S/C24H30FN3O3/c1-14-21-17(15-7-8-15)11-18(24(30)31)23(29)28(21)13-19(25)22(14)27-10-4-5-16(12-27)20-6-2-3-9-26-20/h11,13,15-16,20,26H,2-10,12H2,1H3,(H,30,31). The van der Waals surface area contributed by atoms with Crippen LogP contribution in [0.3, 0.4) is 0 Å². The molecule has 0 radical (unpaired) electrons. The summed E-state index contributed by atoms with van der Waals surface area (Å²) in [6.07, 6.45) is 8.97. The van der Waals surface area contributed by atoms with E-state index in [-0.39, 0.29) is 11.5 Å². The largest absolute Gasteiger partial charge is 0.477 e. The molecular formula is C24H30FN3O3. The number of piperidine rings is 2. The molecule has 5 rings (SSSR count). The number of aromatic nitrogens is 1. The quantitative estimate of drug-likeness (QED) is 0.779. The highest BCUT2D eigenvalue weighted by Gasteiger charge is 2.33. The summed E-state index contributed by atoms with van der Waals surface area (Å²) in [6, 6.07) is 2.01. The number of carboxylic acid groups (broad SMARTS) is 1. The summed E-state index contributed by atoms with van der Waals surface area (Å²) in [7, 11) is 0. The molecule has 3 aliphatic rings. The number of aryl methyl sites for hydroxylation is 1. The van der Waals surface area contributed by atoms with Gasteiger partial charge in [0.1, 0.15) is 5.56 Å². The van der Waals surface area contributed by atoms with Crippen LogP contribution >= 0.6 is 0 Å². The van der Waals surface area contributed by atoms with Gasteiger partial charge in [-0.05, 0) is 81.0 Å². The van der Waals surface area contributed by atoms with Crippen LogP contribution in [0.2, 0.25) is 0 Å². The lowest BCUT2D eigenvalue weighted by molar-refractivity contribution is 0.0694. The normalized spacial score (nSPS) is 24.5. The summed E-state index contributed by atoms with van der Waals surface area (Å²) in [4.78, 5) is 26.6. The van der Waals surface area contributed by atoms with E-state index in [0.717, 1.165) is 56.4 Å². The van der Waals surface area contributed by atoms with Crippen molar-refractivity contribution in [2.24, 2.45) is 5.92 Å². The molecule has 166 valence electrons. The molecule has 0 spiro atoms. The van der Waals surface area contributed by atoms with Gasteiger partial charge in [-0.2, -0.15) is 0 Å². The number of fused-ring (bicyclic) bond motifs is 1. The Morgan fingerprint density at radius 2 is 2.00 bits per heavy atom. The fraction of sp³-hybridized carbons (Fsp3) is 0.583. The number of pyridine rings is 2. The van der Waals surface area contributed by atoms with Crippen molar-refractivity contribution in [3.8, 4) is 0 Å². The molecule has 2 aliphatic heterocycles. The van der Waals surface area contributed by atoms with Crippen LogP contribution in [0.25, 0.3) is 5.52 Å². The third kappa shape index (κ3) is 3.63. The van der Waals surface area contributed by atoms with Gasteiger partial charge in [0.05, 0.1) is 17.4 Å². The minimum Gasteiger partial charge on any atom is -0.477 e. The van der Waals surface area contributed by atoms with Crippen molar-refractivity contribution in [1.29, 1.82) is 0 Å². The minimum absolute atomic E-state index is 0.242. The summed E-state index contributed by atoms with van der Waals surface area (Å²) in [6.45, 7) is 4.54. The zero-order chi connectivity index (χ0) is 21.7. The van der Waals surface area contributed by atoms with Crippen LogP contribution in [0.4, 0.5) is 10.1 Å².